The Morgan fingerprint density at radius 3 is 1.80 bits per heavy atom. The summed E-state index contributed by atoms with van der Waals surface area (Å²) >= 11 is 0. The van der Waals surface area contributed by atoms with E-state index in [1.807, 2.05) is 0 Å². The van der Waals surface area contributed by atoms with E-state index in [4.69, 9.17) is 0 Å². The normalized spacial score (nSPS) is 19.5. The van der Waals surface area contributed by atoms with Crippen molar-refractivity contribution in [1.29, 1.82) is 0 Å². The Morgan fingerprint density at radius 1 is 0.833 bits per heavy atom. The molecule has 6 nitrogen and oxygen atoms in total. The lowest BCUT2D eigenvalue weighted by Gasteiger charge is -2.32. The Labute approximate surface area is 174 Å². The average molecular weight is 420 g/mol. The van der Waals surface area contributed by atoms with Gasteiger partial charge in [-0.15, -0.1) is 0 Å². The summed E-state index contributed by atoms with van der Waals surface area (Å²) in [6.45, 7) is 4.17. The van der Waals surface area contributed by atoms with Gasteiger partial charge in [-0.25, -0.2) is 4.98 Å². The van der Waals surface area contributed by atoms with Gasteiger partial charge in [-0.1, -0.05) is 18.9 Å². The molecule has 0 spiro atoms. The molecule has 0 bridgehead atoms. The molecule has 4 rings (SSSR count). The molecule has 2 aromatic heterocycles. The van der Waals surface area contributed by atoms with Gasteiger partial charge in [-0.3, -0.25) is 0 Å². The monoisotopic (exact) mass is 420 g/mol. The van der Waals surface area contributed by atoms with Crippen molar-refractivity contribution in [3.63, 3.8) is 0 Å². The molecule has 2 aliphatic rings. The Hall–Kier alpha value is -2.45. The number of anilines is 2. The minimum atomic E-state index is -4.53. The van der Waals surface area contributed by atoms with Gasteiger partial charge in [0.15, 0.2) is 5.82 Å². The van der Waals surface area contributed by atoms with E-state index in [0.29, 0.717) is 23.7 Å². The van der Waals surface area contributed by atoms with Crippen LogP contribution in [-0.4, -0.2) is 32.0 Å². The van der Waals surface area contributed by atoms with Gasteiger partial charge in [0.1, 0.15) is 11.4 Å². The third kappa shape index (κ3) is 4.65. The molecule has 0 unspecified atom stereocenters. The minimum Gasteiger partial charge on any atom is -0.351 e. The third-order valence-electron chi connectivity index (χ3n) is 6.33. The minimum absolute atomic E-state index is 0.0749. The van der Waals surface area contributed by atoms with E-state index in [0.717, 1.165) is 31.7 Å². The fourth-order valence-corrected chi connectivity index (χ4v) is 3.86. The molecule has 2 aromatic rings. The molecule has 30 heavy (non-hydrogen) atoms. The molecule has 0 aliphatic heterocycles. The molecule has 2 saturated carbocycles. The van der Waals surface area contributed by atoms with Crippen molar-refractivity contribution in [2.45, 2.75) is 70.6 Å². The number of hydrogen-bond acceptors (Lipinski definition) is 6. The molecule has 0 aromatic carbocycles. The molecule has 2 heterocycles. The summed E-state index contributed by atoms with van der Waals surface area (Å²) < 4.78 is 39.3. The van der Waals surface area contributed by atoms with Crippen LogP contribution in [0.4, 0.5) is 25.1 Å². The maximum atomic E-state index is 13.1. The van der Waals surface area contributed by atoms with Crippen molar-refractivity contribution < 1.29 is 13.2 Å². The first-order valence-electron chi connectivity index (χ1n) is 10.6. The highest BCUT2D eigenvalue weighted by Gasteiger charge is 2.33. The number of alkyl halides is 3. The molecular formula is C21H27F3N6. The van der Waals surface area contributed by atoms with Crippen LogP contribution in [0.2, 0.25) is 0 Å². The van der Waals surface area contributed by atoms with Crippen LogP contribution >= 0.6 is 0 Å². The standard InChI is InChI=1S/C21H27F3N6/c1-12(14-6-3-7-14)25-19-28-18(16-10-5-11-17(27-16)21(22,23)24)29-20(30-19)26-13(2)15-8-4-9-15/h5,10-15H,3-4,6-9H2,1-2H3,(H2,25,26,28,29,30)/t12-,13-/m1/s1. The summed E-state index contributed by atoms with van der Waals surface area (Å²) in [5.41, 5.74) is -0.888. The second-order valence-corrected chi connectivity index (χ2v) is 8.46. The first-order valence-corrected chi connectivity index (χ1v) is 10.6. The van der Waals surface area contributed by atoms with Gasteiger partial charge in [0, 0.05) is 12.1 Å². The van der Waals surface area contributed by atoms with Crippen molar-refractivity contribution in [2.24, 2.45) is 11.8 Å². The fourth-order valence-electron chi connectivity index (χ4n) is 3.86. The van der Waals surface area contributed by atoms with E-state index in [2.05, 4.69) is 44.4 Å². The average Bonchev–Trinajstić information content (AvgIpc) is 2.57. The smallest absolute Gasteiger partial charge is 0.351 e. The van der Waals surface area contributed by atoms with E-state index < -0.39 is 11.9 Å². The Morgan fingerprint density at radius 2 is 1.37 bits per heavy atom. The van der Waals surface area contributed by atoms with Gasteiger partial charge in [0.05, 0.1) is 0 Å². The van der Waals surface area contributed by atoms with Crippen LogP contribution in [0.3, 0.4) is 0 Å². The van der Waals surface area contributed by atoms with Crippen LogP contribution in [0.1, 0.15) is 58.1 Å². The molecule has 0 saturated heterocycles. The molecule has 2 atom stereocenters. The number of nitrogens with zero attached hydrogens (tertiary/aromatic N) is 4. The molecule has 2 N–H and O–H groups in total. The zero-order valence-corrected chi connectivity index (χ0v) is 17.2. The number of aromatic nitrogens is 4. The van der Waals surface area contributed by atoms with Crippen LogP contribution in [-0.2, 0) is 6.18 Å². The van der Waals surface area contributed by atoms with Crippen LogP contribution in [0.5, 0.6) is 0 Å². The number of nitrogens with one attached hydrogen (secondary N) is 2. The zero-order valence-electron chi connectivity index (χ0n) is 17.2. The van der Waals surface area contributed by atoms with Crippen LogP contribution < -0.4 is 10.6 Å². The van der Waals surface area contributed by atoms with Crippen LogP contribution in [0, 0.1) is 11.8 Å². The fraction of sp³-hybridized carbons (Fsp3) is 0.619. The van der Waals surface area contributed by atoms with Crippen molar-refractivity contribution in [2.75, 3.05) is 10.6 Å². The maximum absolute atomic E-state index is 13.1. The predicted molar refractivity (Wildman–Crippen MR) is 109 cm³/mol. The van der Waals surface area contributed by atoms with E-state index in [1.165, 1.54) is 25.0 Å². The van der Waals surface area contributed by atoms with Gasteiger partial charge in [-0.2, -0.15) is 28.1 Å². The number of halogens is 3. The zero-order chi connectivity index (χ0) is 21.3. The van der Waals surface area contributed by atoms with E-state index in [-0.39, 0.29) is 23.6 Å². The maximum Gasteiger partial charge on any atom is 0.433 e. The van der Waals surface area contributed by atoms with Gasteiger partial charge < -0.3 is 10.6 Å². The van der Waals surface area contributed by atoms with Crippen molar-refractivity contribution in [3.8, 4) is 11.5 Å². The summed E-state index contributed by atoms with van der Waals surface area (Å²) in [6.07, 6.45) is 2.55. The van der Waals surface area contributed by atoms with Gasteiger partial charge in [0.25, 0.3) is 0 Å². The Balaban J connectivity index is 1.63. The molecule has 9 heteroatoms. The highest BCUT2D eigenvalue weighted by atomic mass is 19.4. The van der Waals surface area contributed by atoms with E-state index in [9.17, 15) is 13.2 Å². The number of hydrogen-bond donors (Lipinski definition) is 2. The Kier molecular flexibility index (Phi) is 5.79. The molecule has 0 radical (unpaired) electrons. The number of pyridine rings is 1. The topological polar surface area (TPSA) is 75.6 Å². The molecule has 0 amide bonds. The summed E-state index contributed by atoms with van der Waals surface area (Å²) in [6, 6.07) is 4.12. The highest BCUT2D eigenvalue weighted by Crippen LogP contribution is 2.33. The summed E-state index contributed by atoms with van der Waals surface area (Å²) in [5, 5.41) is 6.63. The summed E-state index contributed by atoms with van der Waals surface area (Å²) in [7, 11) is 0. The Bertz CT molecular complexity index is 839. The van der Waals surface area contributed by atoms with E-state index >= 15 is 0 Å². The van der Waals surface area contributed by atoms with Gasteiger partial charge >= 0.3 is 6.18 Å². The highest BCUT2D eigenvalue weighted by molar-refractivity contribution is 5.54. The molecule has 2 fully saturated rings. The third-order valence-corrected chi connectivity index (χ3v) is 6.33. The summed E-state index contributed by atoms with van der Waals surface area (Å²) in [4.78, 5) is 17.0. The second kappa shape index (κ2) is 8.35. The molecule has 162 valence electrons. The lowest BCUT2D eigenvalue weighted by molar-refractivity contribution is -0.141. The first-order chi connectivity index (χ1) is 14.3. The molecular weight excluding hydrogens is 393 g/mol. The van der Waals surface area contributed by atoms with Crippen LogP contribution in [0.25, 0.3) is 11.5 Å². The number of rotatable bonds is 7. The van der Waals surface area contributed by atoms with E-state index in [1.54, 1.807) is 0 Å². The SMILES string of the molecule is C[C@@H](Nc1nc(N[C@H](C)C2CCC2)nc(-c2cccc(C(F)(F)F)n2)n1)C1CCC1. The van der Waals surface area contributed by atoms with Gasteiger partial charge in [-0.05, 0) is 63.5 Å². The molecule has 2 aliphatic carbocycles. The lowest BCUT2D eigenvalue weighted by Crippen LogP contribution is -2.33. The van der Waals surface area contributed by atoms with Crippen molar-refractivity contribution >= 4 is 11.9 Å². The quantitative estimate of drug-likeness (QED) is 0.645. The van der Waals surface area contributed by atoms with Crippen molar-refractivity contribution in [1.82, 2.24) is 19.9 Å². The van der Waals surface area contributed by atoms with Crippen molar-refractivity contribution in [3.05, 3.63) is 23.9 Å². The second-order valence-electron chi connectivity index (χ2n) is 8.46. The largest absolute Gasteiger partial charge is 0.433 e. The summed E-state index contributed by atoms with van der Waals surface area (Å²) in [5.74, 6) is 1.97. The van der Waals surface area contributed by atoms with Gasteiger partial charge in [0.2, 0.25) is 11.9 Å². The lowest BCUT2D eigenvalue weighted by atomic mass is 9.80. The predicted octanol–water partition coefficient (Wildman–Crippen LogP) is 5.15. The first kappa shape index (κ1) is 20.8. The van der Waals surface area contributed by atoms with Crippen LogP contribution in [0.15, 0.2) is 18.2 Å².